The number of benzene rings is 2. The summed E-state index contributed by atoms with van der Waals surface area (Å²) >= 11 is 1.34. The molecule has 180 valence electrons. The highest BCUT2D eigenvalue weighted by atomic mass is 32.2. The fraction of sp³-hybridized carbons (Fsp3) is 0.185. The van der Waals surface area contributed by atoms with E-state index in [0.717, 1.165) is 28.0 Å². The largest absolute Gasteiger partial charge is 0.497 e. The predicted molar refractivity (Wildman–Crippen MR) is 137 cm³/mol. The summed E-state index contributed by atoms with van der Waals surface area (Å²) in [5, 5.41) is 19.3. The van der Waals surface area contributed by atoms with Crippen molar-refractivity contribution in [2.24, 2.45) is 0 Å². The Morgan fingerprint density at radius 1 is 1.14 bits per heavy atom. The van der Waals surface area contributed by atoms with Crippen molar-refractivity contribution in [3.05, 3.63) is 84.4 Å². The maximum absolute atomic E-state index is 13.3. The summed E-state index contributed by atoms with van der Waals surface area (Å²) in [5.74, 6) is 2.32. The van der Waals surface area contributed by atoms with Gasteiger partial charge in [-0.05, 0) is 30.3 Å². The first-order valence-electron chi connectivity index (χ1n) is 11.4. The number of Topliss-reactive ketones (excluding diaryl/α,β-unsaturated/α-hetero) is 1. The molecule has 0 atom stereocenters. The number of methoxy groups -OCH3 is 1. The number of nitrogens with zero attached hydrogens (tertiary/aromatic N) is 5. The Morgan fingerprint density at radius 3 is 2.83 bits per heavy atom. The van der Waals surface area contributed by atoms with Crippen LogP contribution in [0.25, 0.3) is 22.3 Å². The van der Waals surface area contributed by atoms with Gasteiger partial charge in [-0.2, -0.15) is 5.26 Å². The van der Waals surface area contributed by atoms with Crippen LogP contribution in [-0.4, -0.2) is 38.0 Å². The predicted octanol–water partition coefficient (Wildman–Crippen LogP) is 5.44. The van der Waals surface area contributed by atoms with Gasteiger partial charge in [-0.3, -0.25) is 9.36 Å². The van der Waals surface area contributed by atoms with Crippen molar-refractivity contribution < 1.29 is 13.9 Å². The van der Waals surface area contributed by atoms with Crippen molar-refractivity contribution in [2.75, 3.05) is 12.9 Å². The topological polar surface area (TPSA) is 98.9 Å². The van der Waals surface area contributed by atoms with Crippen LogP contribution in [0.1, 0.15) is 22.5 Å². The third kappa shape index (κ3) is 4.76. The quantitative estimate of drug-likeness (QED) is 0.187. The van der Waals surface area contributed by atoms with E-state index in [1.165, 1.54) is 11.8 Å². The fourth-order valence-corrected chi connectivity index (χ4v) is 4.93. The van der Waals surface area contributed by atoms with Crippen molar-refractivity contribution in [1.29, 1.82) is 5.26 Å². The van der Waals surface area contributed by atoms with Crippen molar-refractivity contribution in [3.63, 3.8) is 0 Å². The molecule has 0 fully saturated rings. The third-order valence-electron chi connectivity index (χ3n) is 5.82. The zero-order valence-corrected chi connectivity index (χ0v) is 20.4. The number of furan rings is 1. The first kappa shape index (κ1) is 23.5. The number of rotatable bonds is 10. The van der Waals surface area contributed by atoms with Crippen LogP contribution in [0.3, 0.4) is 0 Å². The molecule has 5 rings (SSSR count). The molecule has 2 aromatic carbocycles. The highest BCUT2D eigenvalue weighted by molar-refractivity contribution is 7.99. The first-order valence-corrected chi connectivity index (χ1v) is 12.4. The number of ether oxygens (including phenoxy) is 1. The van der Waals surface area contributed by atoms with E-state index in [1.54, 1.807) is 13.4 Å². The van der Waals surface area contributed by atoms with Crippen LogP contribution in [0.15, 0.2) is 82.7 Å². The number of para-hydroxylation sites is 1. The lowest BCUT2D eigenvalue weighted by atomic mass is 10.1. The Labute approximate surface area is 212 Å². The van der Waals surface area contributed by atoms with Gasteiger partial charge in [0.15, 0.2) is 16.8 Å². The maximum Gasteiger partial charge on any atom is 0.192 e. The molecule has 0 spiro atoms. The second-order valence-electron chi connectivity index (χ2n) is 8.08. The lowest BCUT2D eigenvalue weighted by Crippen LogP contribution is -2.06. The van der Waals surface area contributed by atoms with E-state index in [9.17, 15) is 4.79 Å². The fourth-order valence-electron chi connectivity index (χ4n) is 4.10. The number of carbonyl (C=O) groups excluding carboxylic acids is 1. The molecular formula is C27H23N5O3S. The van der Waals surface area contributed by atoms with Gasteiger partial charge in [0.2, 0.25) is 0 Å². The minimum absolute atomic E-state index is 0.0117. The van der Waals surface area contributed by atoms with E-state index in [1.807, 2.05) is 76.0 Å². The van der Waals surface area contributed by atoms with Crippen molar-refractivity contribution >= 4 is 28.4 Å². The minimum atomic E-state index is -0.0117. The van der Waals surface area contributed by atoms with Gasteiger partial charge in [0, 0.05) is 34.8 Å². The van der Waals surface area contributed by atoms with E-state index in [2.05, 4.69) is 16.3 Å². The molecule has 0 amide bonds. The van der Waals surface area contributed by atoms with Crippen LogP contribution >= 0.6 is 11.8 Å². The van der Waals surface area contributed by atoms with Crippen LogP contribution in [-0.2, 0) is 13.1 Å². The minimum Gasteiger partial charge on any atom is -0.497 e. The molecule has 0 aliphatic rings. The number of thioether (sulfide) groups is 1. The standard InChI is InChI=1S/C27H23N5O3S/c1-34-20-8-4-7-19(15-20)26-29-30-27(32(26)16-21-9-5-14-35-21)36-18-25(33)23-17-31(13-6-12-28)24-11-3-2-10-22(23)24/h2-5,7-11,14-15,17H,6,13,16,18H2,1H3. The van der Waals surface area contributed by atoms with Crippen LogP contribution in [0, 0.1) is 11.3 Å². The van der Waals surface area contributed by atoms with E-state index in [-0.39, 0.29) is 11.5 Å². The summed E-state index contributed by atoms with van der Waals surface area (Å²) in [5.41, 5.74) is 2.44. The molecule has 36 heavy (non-hydrogen) atoms. The first-order chi connectivity index (χ1) is 17.7. The van der Waals surface area contributed by atoms with Gasteiger partial charge in [-0.15, -0.1) is 10.2 Å². The van der Waals surface area contributed by atoms with Crippen molar-refractivity contribution in [3.8, 4) is 23.2 Å². The summed E-state index contributed by atoms with van der Waals surface area (Å²) in [4.78, 5) is 13.3. The molecule has 3 aromatic heterocycles. The second-order valence-corrected chi connectivity index (χ2v) is 9.02. The SMILES string of the molecule is COc1cccc(-c2nnc(SCC(=O)c3cn(CCC#N)c4ccccc34)n2Cc2ccco2)c1. The highest BCUT2D eigenvalue weighted by Gasteiger charge is 2.20. The number of hydrogen-bond acceptors (Lipinski definition) is 7. The number of ketones is 1. The molecule has 5 aromatic rings. The van der Waals surface area contributed by atoms with Gasteiger partial charge >= 0.3 is 0 Å². The van der Waals surface area contributed by atoms with Gasteiger partial charge in [0.1, 0.15) is 11.5 Å². The van der Waals surface area contributed by atoms with Gasteiger partial charge < -0.3 is 13.7 Å². The van der Waals surface area contributed by atoms with Crippen LogP contribution in [0.2, 0.25) is 0 Å². The number of fused-ring (bicyclic) bond motifs is 1. The average Bonchev–Trinajstić information content (AvgIpc) is 3.66. The molecule has 0 unspecified atom stereocenters. The molecule has 0 bridgehead atoms. The summed E-state index contributed by atoms with van der Waals surface area (Å²) in [6.45, 7) is 0.968. The number of hydrogen-bond donors (Lipinski definition) is 0. The average molecular weight is 498 g/mol. The molecule has 0 radical (unpaired) electrons. The molecule has 0 saturated heterocycles. The van der Waals surface area contributed by atoms with Gasteiger partial charge in [-0.1, -0.05) is 42.1 Å². The normalized spacial score (nSPS) is 11.0. The Bertz CT molecular complexity index is 1550. The molecule has 3 heterocycles. The van der Waals surface area contributed by atoms with Crippen molar-refractivity contribution in [2.45, 2.75) is 24.7 Å². The number of carbonyl (C=O) groups is 1. The van der Waals surface area contributed by atoms with Crippen LogP contribution < -0.4 is 4.74 Å². The molecule has 0 aliphatic carbocycles. The van der Waals surface area contributed by atoms with E-state index in [0.29, 0.717) is 36.1 Å². The maximum atomic E-state index is 13.3. The molecule has 9 heteroatoms. The van der Waals surface area contributed by atoms with Gasteiger partial charge in [-0.25, -0.2) is 0 Å². The smallest absolute Gasteiger partial charge is 0.192 e. The third-order valence-corrected chi connectivity index (χ3v) is 6.79. The van der Waals surface area contributed by atoms with E-state index in [4.69, 9.17) is 14.4 Å². The molecular weight excluding hydrogens is 474 g/mol. The van der Waals surface area contributed by atoms with E-state index < -0.39 is 0 Å². The highest BCUT2D eigenvalue weighted by Crippen LogP contribution is 2.29. The number of aryl methyl sites for hydroxylation is 1. The van der Waals surface area contributed by atoms with Crippen molar-refractivity contribution in [1.82, 2.24) is 19.3 Å². The molecule has 8 nitrogen and oxygen atoms in total. The lowest BCUT2D eigenvalue weighted by molar-refractivity contribution is 0.102. The Kier molecular flexibility index (Phi) is 6.87. The van der Waals surface area contributed by atoms with Crippen LogP contribution in [0.4, 0.5) is 0 Å². The van der Waals surface area contributed by atoms with Gasteiger partial charge in [0.05, 0.1) is 38.2 Å². The zero-order valence-electron chi connectivity index (χ0n) is 19.6. The Morgan fingerprint density at radius 2 is 2.03 bits per heavy atom. The van der Waals surface area contributed by atoms with E-state index >= 15 is 0 Å². The summed E-state index contributed by atoms with van der Waals surface area (Å²) < 4.78 is 14.9. The summed E-state index contributed by atoms with van der Waals surface area (Å²) in [6, 6.07) is 21.3. The monoisotopic (exact) mass is 497 g/mol. The zero-order chi connectivity index (χ0) is 24.9. The van der Waals surface area contributed by atoms with Gasteiger partial charge in [0.25, 0.3) is 0 Å². The second kappa shape index (κ2) is 10.5. The summed E-state index contributed by atoms with van der Waals surface area (Å²) in [7, 11) is 1.62. The number of aromatic nitrogens is 4. The lowest BCUT2D eigenvalue weighted by Gasteiger charge is -2.09. The Balaban J connectivity index is 1.43. The molecule has 0 aliphatic heterocycles. The summed E-state index contributed by atoms with van der Waals surface area (Å²) in [6.07, 6.45) is 3.85. The van der Waals surface area contributed by atoms with Crippen LogP contribution in [0.5, 0.6) is 5.75 Å². The Hall–Kier alpha value is -4.29. The number of nitriles is 1. The molecule has 0 N–H and O–H groups in total. The molecule has 0 saturated carbocycles.